The average molecular weight is 303 g/mol. The summed E-state index contributed by atoms with van der Waals surface area (Å²) in [6.07, 6.45) is 0. The topological polar surface area (TPSA) is 26.3 Å². The molecule has 2 nitrogen and oxygen atoms in total. The molecule has 0 heterocycles. The van der Waals surface area contributed by atoms with E-state index < -0.39 is 14.1 Å². The van der Waals surface area contributed by atoms with Crippen molar-refractivity contribution in [3.8, 4) is 0 Å². The SMILES string of the molecule is CC(C)(C)[Si](C)(C)OCC(=O)c1ccc(F)c(Cl)c1. The molecule has 0 aliphatic carbocycles. The van der Waals surface area contributed by atoms with Crippen LogP contribution in [-0.4, -0.2) is 20.7 Å². The molecule has 1 aromatic carbocycles. The maximum absolute atomic E-state index is 13.0. The molecule has 0 aromatic heterocycles. The maximum atomic E-state index is 13.0. The van der Waals surface area contributed by atoms with Crippen LogP contribution in [0.5, 0.6) is 0 Å². The molecule has 0 spiro atoms. The number of hydrogen-bond acceptors (Lipinski definition) is 2. The minimum absolute atomic E-state index is 0.0124. The summed E-state index contributed by atoms with van der Waals surface area (Å²) < 4.78 is 18.9. The van der Waals surface area contributed by atoms with Crippen LogP contribution in [0.3, 0.4) is 0 Å². The van der Waals surface area contributed by atoms with E-state index in [1.54, 1.807) is 0 Å². The fourth-order valence-electron chi connectivity index (χ4n) is 1.22. The summed E-state index contributed by atoms with van der Waals surface area (Å²) in [5.74, 6) is -0.699. The Morgan fingerprint density at radius 2 is 1.95 bits per heavy atom. The lowest BCUT2D eigenvalue weighted by Crippen LogP contribution is -2.42. The van der Waals surface area contributed by atoms with Crippen molar-refractivity contribution in [3.63, 3.8) is 0 Å². The first-order valence-electron chi connectivity index (χ1n) is 6.17. The maximum Gasteiger partial charge on any atom is 0.192 e. The van der Waals surface area contributed by atoms with E-state index in [4.69, 9.17) is 16.0 Å². The lowest BCUT2D eigenvalue weighted by atomic mass is 10.1. The van der Waals surface area contributed by atoms with Crippen LogP contribution in [0, 0.1) is 5.82 Å². The van der Waals surface area contributed by atoms with Gasteiger partial charge >= 0.3 is 0 Å². The third kappa shape index (κ3) is 4.13. The zero-order chi connectivity index (χ0) is 14.8. The second-order valence-electron chi connectivity index (χ2n) is 6.10. The van der Waals surface area contributed by atoms with E-state index in [1.165, 1.54) is 18.2 Å². The van der Waals surface area contributed by atoms with E-state index in [9.17, 15) is 9.18 Å². The summed E-state index contributed by atoms with van der Waals surface area (Å²) in [6, 6.07) is 3.97. The summed E-state index contributed by atoms with van der Waals surface area (Å²) in [5, 5.41) is 0.00597. The molecule has 1 aromatic rings. The summed E-state index contributed by atoms with van der Waals surface area (Å²) in [4.78, 5) is 12.0. The number of rotatable bonds is 4. The van der Waals surface area contributed by atoms with Crippen LogP contribution in [0.1, 0.15) is 31.1 Å². The van der Waals surface area contributed by atoms with Crippen molar-refractivity contribution in [2.45, 2.75) is 38.9 Å². The molecule has 0 unspecified atom stereocenters. The Balaban J connectivity index is 2.73. The van der Waals surface area contributed by atoms with E-state index in [1.807, 2.05) is 0 Å². The minimum atomic E-state index is -1.95. The van der Waals surface area contributed by atoms with Gasteiger partial charge in [-0.05, 0) is 36.3 Å². The summed E-state index contributed by atoms with van der Waals surface area (Å²) in [7, 11) is -1.95. The molecule has 0 fully saturated rings. The lowest BCUT2D eigenvalue weighted by molar-refractivity contribution is 0.0911. The van der Waals surface area contributed by atoms with Crippen molar-refractivity contribution in [2.24, 2.45) is 0 Å². The Bertz CT molecular complexity index is 481. The van der Waals surface area contributed by atoms with Crippen LogP contribution >= 0.6 is 11.6 Å². The van der Waals surface area contributed by atoms with Gasteiger partial charge in [-0.2, -0.15) is 0 Å². The molecular weight excluding hydrogens is 283 g/mol. The van der Waals surface area contributed by atoms with Gasteiger partial charge in [0.15, 0.2) is 14.1 Å². The molecule has 0 N–H and O–H groups in total. The fourth-order valence-corrected chi connectivity index (χ4v) is 2.32. The van der Waals surface area contributed by atoms with Crippen molar-refractivity contribution in [3.05, 3.63) is 34.6 Å². The van der Waals surface area contributed by atoms with E-state index in [2.05, 4.69) is 33.9 Å². The number of Topliss-reactive ketones (excluding diaryl/α,β-unsaturated/α-hetero) is 1. The lowest BCUT2D eigenvalue weighted by Gasteiger charge is -2.35. The van der Waals surface area contributed by atoms with Gasteiger partial charge in [0.1, 0.15) is 5.82 Å². The normalized spacial score (nSPS) is 12.6. The molecule has 0 bridgehead atoms. The molecule has 106 valence electrons. The highest BCUT2D eigenvalue weighted by Crippen LogP contribution is 2.36. The Hall–Kier alpha value is -0.713. The summed E-state index contributed by atoms with van der Waals surface area (Å²) >= 11 is 5.66. The third-order valence-electron chi connectivity index (χ3n) is 3.61. The monoisotopic (exact) mass is 302 g/mol. The predicted octanol–water partition coefficient (Wildman–Crippen LogP) is 4.68. The Morgan fingerprint density at radius 1 is 1.37 bits per heavy atom. The first-order chi connectivity index (χ1) is 8.54. The van der Waals surface area contributed by atoms with Crippen LogP contribution in [0.4, 0.5) is 4.39 Å². The van der Waals surface area contributed by atoms with Crippen LogP contribution in [0.15, 0.2) is 18.2 Å². The highest BCUT2D eigenvalue weighted by molar-refractivity contribution is 6.74. The fraction of sp³-hybridized carbons (Fsp3) is 0.500. The van der Waals surface area contributed by atoms with Crippen LogP contribution in [0.2, 0.25) is 23.2 Å². The molecule has 1 rings (SSSR count). The van der Waals surface area contributed by atoms with Gasteiger partial charge in [0, 0.05) is 5.56 Å². The van der Waals surface area contributed by atoms with E-state index in [0.29, 0.717) is 5.56 Å². The second kappa shape index (κ2) is 5.73. The number of halogens is 2. The van der Waals surface area contributed by atoms with Crippen molar-refractivity contribution in [1.29, 1.82) is 0 Å². The Morgan fingerprint density at radius 3 is 2.42 bits per heavy atom. The van der Waals surface area contributed by atoms with Gasteiger partial charge in [-0.3, -0.25) is 4.79 Å². The van der Waals surface area contributed by atoms with Gasteiger partial charge in [-0.1, -0.05) is 32.4 Å². The second-order valence-corrected chi connectivity index (χ2v) is 11.3. The van der Waals surface area contributed by atoms with Crippen LogP contribution in [-0.2, 0) is 4.43 Å². The van der Waals surface area contributed by atoms with Gasteiger partial charge in [0.05, 0.1) is 11.6 Å². The zero-order valence-electron chi connectivity index (χ0n) is 12.0. The first kappa shape index (κ1) is 16.3. The van der Waals surface area contributed by atoms with Gasteiger partial charge in [-0.15, -0.1) is 0 Å². The minimum Gasteiger partial charge on any atom is -0.409 e. The number of benzene rings is 1. The predicted molar refractivity (Wildman–Crippen MR) is 78.9 cm³/mol. The number of carbonyl (C=O) groups is 1. The summed E-state index contributed by atoms with van der Waals surface area (Å²) in [6.45, 7) is 10.5. The van der Waals surface area contributed by atoms with Crippen LogP contribution < -0.4 is 0 Å². The number of carbonyl (C=O) groups excluding carboxylic acids is 1. The molecule has 0 amide bonds. The average Bonchev–Trinajstić information content (AvgIpc) is 2.28. The Labute approximate surface area is 120 Å². The van der Waals surface area contributed by atoms with Gasteiger partial charge < -0.3 is 4.43 Å². The summed E-state index contributed by atoms with van der Waals surface area (Å²) in [5.41, 5.74) is 0.380. The highest BCUT2D eigenvalue weighted by Gasteiger charge is 2.37. The molecular formula is C14H20ClFO2Si. The molecule has 0 aliphatic heterocycles. The van der Waals surface area contributed by atoms with Crippen molar-refractivity contribution in [1.82, 2.24) is 0 Å². The molecule has 0 atom stereocenters. The van der Waals surface area contributed by atoms with Gasteiger partial charge in [-0.25, -0.2) is 4.39 Å². The largest absolute Gasteiger partial charge is 0.409 e. The first-order valence-corrected chi connectivity index (χ1v) is 9.45. The zero-order valence-corrected chi connectivity index (χ0v) is 13.8. The van der Waals surface area contributed by atoms with Gasteiger partial charge in [0.2, 0.25) is 0 Å². The number of hydrogen-bond donors (Lipinski definition) is 0. The smallest absolute Gasteiger partial charge is 0.192 e. The molecule has 0 saturated carbocycles. The third-order valence-corrected chi connectivity index (χ3v) is 8.38. The van der Waals surface area contributed by atoms with Gasteiger partial charge in [0.25, 0.3) is 0 Å². The highest BCUT2D eigenvalue weighted by atomic mass is 35.5. The van der Waals surface area contributed by atoms with E-state index in [0.717, 1.165) is 0 Å². The molecule has 0 saturated heterocycles. The van der Waals surface area contributed by atoms with E-state index in [-0.39, 0.29) is 22.5 Å². The molecule has 0 radical (unpaired) electrons. The van der Waals surface area contributed by atoms with E-state index >= 15 is 0 Å². The van der Waals surface area contributed by atoms with Crippen molar-refractivity contribution < 1.29 is 13.6 Å². The molecule has 5 heteroatoms. The Kier molecular flexibility index (Phi) is 4.93. The van der Waals surface area contributed by atoms with Crippen LogP contribution in [0.25, 0.3) is 0 Å². The standard InChI is InChI=1S/C14H20ClFO2Si/c1-14(2,3)19(4,5)18-9-13(17)10-6-7-12(16)11(15)8-10/h6-8H,9H2,1-5H3. The van der Waals surface area contributed by atoms with Crippen molar-refractivity contribution >= 4 is 25.7 Å². The van der Waals surface area contributed by atoms with Crippen molar-refractivity contribution in [2.75, 3.05) is 6.61 Å². The number of ketones is 1. The molecule has 0 aliphatic rings. The quantitative estimate of drug-likeness (QED) is 0.596. The molecule has 19 heavy (non-hydrogen) atoms.